The topological polar surface area (TPSA) is 109 Å². The molecule has 10 heteroatoms. The summed E-state index contributed by atoms with van der Waals surface area (Å²) in [7, 11) is 1.55. The lowest BCUT2D eigenvalue weighted by molar-refractivity contribution is 0.0952. The van der Waals surface area contributed by atoms with Gasteiger partial charge < -0.3 is 10.1 Å². The molecule has 9 nitrogen and oxygen atoms in total. The van der Waals surface area contributed by atoms with Gasteiger partial charge in [-0.3, -0.25) is 14.8 Å². The first-order valence-electron chi connectivity index (χ1n) is 12.6. The highest BCUT2D eigenvalue weighted by molar-refractivity contribution is 6.02. The van der Waals surface area contributed by atoms with Crippen molar-refractivity contribution in [3.8, 4) is 17.0 Å². The van der Waals surface area contributed by atoms with Gasteiger partial charge in [0, 0.05) is 35.2 Å². The monoisotopic (exact) mass is 516 g/mol. The first-order chi connectivity index (χ1) is 18.6. The third-order valence-electron chi connectivity index (χ3n) is 6.66. The number of ether oxygens (including phenoxy) is 1. The van der Waals surface area contributed by atoms with Crippen molar-refractivity contribution in [2.24, 2.45) is 0 Å². The number of nitrogens with zero attached hydrogens (tertiary/aromatic N) is 4. The molecular formula is C28H29FN6O3. The normalized spacial score (nSPS) is 11.5. The summed E-state index contributed by atoms with van der Waals surface area (Å²) in [5.74, 6) is 0.159. The third kappa shape index (κ3) is 5.35. The Hall–Kier alpha value is -4.31. The fourth-order valence-electron chi connectivity index (χ4n) is 4.53. The molecule has 0 spiro atoms. The van der Waals surface area contributed by atoms with Crippen LogP contribution < -0.4 is 10.1 Å². The largest absolute Gasteiger partial charge is 0.496 e. The SMILES string of the molecule is CCN(CCCCNC(=O)c1ccc2[nH]nc(-c3ccc4nonc4c3)c2c1)Cc1c(F)cccc1OC. The summed E-state index contributed by atoms with van der Waals surface area (Å²) in [6.07, 6.45) is 1.68. The van der Waals surface area contributed by atoms with Crippen molar-refractivity contribution in [3.05, 3.63) is 71.5 Å². The predicted molar refractivity (Wildman–Crippen MR) is 142 cm³/mol. The van der Waals surface area contributed by atoms with E-state index in [-0.39, 0.29) is 11.7 Å². The minimum absolute atomic E-state index is 0.140. The number of carbonyl (C=O) groups excluding carboxylic acids is 1. The van der Waals surface area contributed by atoms with Crippen LogP contribution >= 0.6 is 0 Å². The van der Waals surface area contributed by atoms with E-state index in [0.29, 0.717) is 41.0 Å². The second kappa shape index (κ2) is 11.4. The smallest absolute Gasteiger partial charge is 0.251 e. The molecule has 0 unspecified atom stereocenters. The van der Waals surface area contributed by atoms with Crippen LogP contribution in [0.4, 0.5) is 4.39 Å². The minimum Gasteiger partial charge on any atom is -0.496 e. The fraction of sp³-hybridized carbons (Fsp3) is 0.286. The maximum atomic E-state index is 14.3. The van der Waals surface area contributed by atoms with Crippen LogP contribution in [0.1, 0.15) is 35.7 Å². The molecule has 0 saturated carbocycles. The molecule has 0 aliphatic heterocycles. The lowest BCUT2D eigenvalue weighted by atomic mass is 10.0. The van der Waals surface area contributed by atoms with E-state index in [1.54, 1.807) is 25.3 Å². The van der Waals surface area contributed by atoms with Crippen molar-refractivity contribution in [2.45, 2.75) is 26.3 Å². The van der Waals surface area contributed by atoms with Gasteiger partial charge in [0.25, 0.3) is 5.91 Å². The Balaban J connectivity index is 1.16. The van der Waals surface area contributed by atoms with Crippen LogP contribution in [0, 0.1) is 5.82 Å². The number of nitrogens with one attached hydrogen (secondary N) is 2. The molecule has 0 fully saturated rings. The molecule has 2 N–H and O–H groups in total. The van der Waals surface area contributed by atoms with Gasteiger partial charge in [-0.15, -0.1) is 0 Å². The molecule has 38 heavy (non-hydrogen) atoms. The van der Waals surface area contributed by atoms with E-state index in [9.17, 15) is 9.18 Å². The van der Waals surface area contributed by atoms with Crippen molar-refractivity contribution < 1.29 is 18.6 Å². The number of amides is 1. The number of methoxy groups -OCH3 is 1. The van der Waals surface area contributed by atoms with E-state index < -0.39 is 0 Å². The molecule has 0 aliphatic carbocycles. The van der Waals surface area contributed by atoms with Gasteiger partial charge in [-0.25, -0.2) is 9.02 Å². The summed E-state index contributed by atoms with van der Waals surface area (Å²) in [4.78, 5) is 15.0. The number of aromatic amines is 1. The van der Waals surface area contributed by atoms with Gasteiger partial charge in [-0.1, -0.05) is 19.1 Å². The fourth-order valence-corrected chi connectivity index (χ4v) is 4.53. The molecule has 2 aromatic heterocycles. The molecule has 0 bridgehead atoms. The quantitative estimate of drug-likeness (QED) is 0.239. The van der Waals surface area contributed by atoms with Crippen LogP contribution in [-0.4, -0.2) is 58.1 Å². The number of aromatic nitrogens is 4. The summed E-state index contributed by atoms with van der Waals surface area (Å²) in [5.41, 5.74) is 4.85. The van der Waals surface area contributed by atoms with Crippen LogP contribution in [0.3, 0.4) is 0 Å². The van der Waals surface area contributed by atoms with E-state index in [0.717, 1.165) is 48.1 Å². The minimum atomic E-state index is -0.261. The van der Waals surface area contributed by atoms with Crippen LogP contribution in [0.5, 0.6) is 5.75 Å². The Kier molecular flexibility index (Phi) is 7.60. The van der Waals surface area contributed by atoms with E-state index in [4.69, 9.17) is 9.37 Å². The van der Waals surface area contributed by atoms with Crippen LogP contribution in [0.15, 0.2) is 59.2 Å². The Morgan fingerprint density at radius 1 is 1.11 bits per heavy atom. The average molecular weight is 517 g/mol. The molecule has 1 amide bonds. The van der Waals surface area contributed by atoms with E-state index >= 15 is 0 Å². The van der Waals surface area contributed by atoms with Gasteiger partial charge in [-0.05, 0) is 78.7 Å². The van der Waals surface area contributed by atoms with Crippen LogP contribution in [0.2, 0.25) is 0 Å². The molecule has 0 aliphatic rings. The maximum Gasteiger partial charge on any atom is 0.251 e. The molecule has 196 valence electrons. The number of fused-ring (bicyclic) bond motifs is 2. The zero-order valence-electron chi connectivity index (χ0n) is 21.3. The number of hydrogen-bond donors (Lipinski definition) is 2. The van der Waals surface area contributed by atoms with Crippen molar-refractivity contribution in [1.29, 1.82) is 0 Å². The molecule has 5 aromatic rings. The summed E-state index contributed by atoms with van der Waals surface area (Å²) < 4.78 is 24.4. The average Bonchev–Trinajstić information content (AvgIpc) is 3.59. The van der Waals surface area contributed by atoms with E-state index in [1.165, 1.54) is 6.07 Å². The Labute approximate surface area is 218 Å². The van der Waals surface area contributed by atoms with Gasteiger partial charge in [0.1, 0.15) is 28.3 Å². The highest BCUT2D eigenvalue weighted by atomic mass is 19.1. The molecule has 0 radical (unpaired) electrons. The molecular weight excluding hydrogens is 487 g/mol. The van der Waals surface area contributed by atoms with Crippen molar-refractivity contribution in [2.75, 3.05) is 26.7 Å². The number of halogens is 1. The number of rotatable bonds is 11. The summed E-state index contributed by atoms with van der Waals surface area (Å²) in [6.45, 7) is 4.66. The van der Waals surface area contributed by atoms with Gasteiger partial charge in [0.2, 0.25) is 0 Å². The van der Waals surface area contributed by atoms with Gasteiger partial charge in [0.15, 0.2) is 0 Å². The third-order valence-corrected chi connectivity index (χ3v) is 6.66. The number of H-pyrrole nitrogens is 1. The number of unbranched alkanes of at least 4 members (excludes halogenated alkanes) is 1. The Morgan fingerprint density at radius 2 is 1.97 bits per heavy atom. The van der Waals surface area contributed by atoms with E-state index in [2.05, 4.69) is 37.7 Å². The predicted octanol–water partition coefficient (Wildman–Crippen LogP) is 4.95. The van der Waals surface area contributed by atoms with Gasteiger partial charge in [0.05, 0.1) is 12.6 Å². The highest BCUT2D eigenvalue weighted by Crippen LogP contribution is 2.29. The van der Waals surface area contributed by atoms with Crippen LogP contribution in [0.25, 0.3) is 33.2 Å². The molecule has 0 atom stereocenters. The lowest BCUT2D eigenvalue weighted by Crippen LogP contribution is -2.27. The van der Waals surface area contributed by atoms with E-state index in [1.807, 2.05) is 30.3 Å². The van der Waals surface area contributed by atoms with Crippen molar-refractivity contribution in [1.82, 2.24) is 30.7 Å². The number of carbonyl (C=O) groups is 1. The maximum absolute atomic E-state index is 14.3. The number of hydrogen-bond acceptors (Lipinski definition) is 7. The van der Waals surface area contributed by atoms with Crippen molar-refractivity contribution >= 4 is 27.8 Å². The summed E-state index contributed by atoms with van der Waals surface area (Å²) in [6, 6.07) is 15.9. The van der Waals surface area contributed by atoms with Crippen LogP contribution in [-0.2, 0) is 6.54 Å². The second-order valence-electron chi connectivity index (χ2n) is 9.05. The summed E-state index contributed by atoms with van der Waals surface area (Å²) >= 11 is 0. The highest BCUT2D eigenvalue weighted by Gasteiger charge is 2.15. The Morgan fingerprint density at radius 3 is 2.82 bits per heavy atom. The van der Waals surface area contributed by atoms with Crippen molar-refractivity contribution in [3.63, 3.8) is 0 Å². The lowest BCUT2D eigenvalue weighted by Gasteiger charge is -2.22. The second-order valence-corrected chi connectivity index (χ2v) is 9.05. The molecule has 3 aromatic carbocycles. The summed E-state index contributed by atoms with van der Waals surface area (Å²) in [5, 5.41) is 19.0. The first kappa shape index (κ1) is 25.3. The molecule has 2 heterocycles. The Bertz CT molecular complexity index is 1560. The standard InChI is InChI=1S/C28H29FN6O3/c1-3-35(17-21-22(29)7-6-8-26(21)37-2)14-5-4-13-30-28(36)19-10-11-23-20(15-19)27(32-31-23)18-9-12-24-25(16-18)34-38-33-24/h6-12,15-16H,3-5,13-14,17H2,1-2H3,(H,30,36)(H,31,32). The van der Waals surface area contributed by atoms with Gasteiger partial charge >= 0.3 is 0 Å². The zero-order valence-corrected chi connectivity index (χ0v) is 21.3. The molecule has 0 saturated heterocycles. The molecule has 5 rings (SSSR count). The number of benzene rings is 3. The zero-order chi connectivity index (χ0) is 26.5. The van der Waals surface area contributed by atoms with Gasteiger partial charge in [-0.2, -0.15) is 5.10 Å². The first-order valence-corrected chi connectivity index (χ1v) is 12.6.